The molecular formula is C27H23ClN4O3S. The fraction of sp³-hybridized carbons (Fsp3) is 0.148. The number of thiocarbonyl (C=S) groups is 1. The number of halogens is 1. The highest BCUT2D eigenvalue weighted by molar-refractivity contribution is 7.80. The van der Waals surface area contributed by atoms with Crippen LogP contribution in [0.1, 0.15) is 45.1 Å². The summed E-state index contributed by atoms with van der Waals surface area (Å²) < 4.78 is 1.94. The molecule has 0 amide bonds. The number of carbonyl (C=O) groups is 1. The topological polar surface area (TPSA) is 90.6 Å². The van der Waals surface area contributed by atoms with Crippen molar-refractivity contribution in [1.29, 1.82) is 0 Å². The SMILES string of the molecule is Cc1cc([C@H]2[C@@H](c3ccccn3)NC(=S)N2c2cc(Cl)ccc2O)c(C)n1-c1ccccc1C(=O)O. The molecule has 0 unspecified atom stereocenters. The molecule has 3 heterocycles. The van der Waals surface area contributed by atoms with Crippen molar-refractivity contribution in [2.75, 3.05) is 4.90 Å². The number of hydrogen-bond donors (Lipinski definition) is 3. The molecule has 1 aliphatic rings. The Labute approximate surface area is 218 Å². The van der Waals surface area contributed by atoms with Crippen LogP contribution in [0.5, 0.6) is 5.75 Å². The minimum Gasteiger partial charge on any atom is -0.506 e. The molecule has 2 aromatic heterocycles. The van der Waals surface area contributed by atoms with Crippen LogP contribution in [-0.2, 0) is 0 Å². The number of carboxylic acids is 1. The Hall–Kier alpha value is -3.88. The molecule has 1 aliphatic heterocycles. The first kappa shape index (κ1) is 23.8. The fourth-order valence-corrected chi connectivity index (χ4v) is 5.43. The first-order valence-corrected chi connectivity index (χ1v) is 12.1. The molecule has 0 aliphatic carbocycles. The lowest BCUT2D eigenvalue weighted by Crippen LogP contribution is -2.29. The number of carboxylic acid groups (broad SMARTS) is 1. The number of nitrogens with one attached hydrogen (secondary N) is 1. The van der Waals surface area contributed by atoms with Crippen molar-refractivity contribution >= 4 is 40.6 Å². The Balaban J connectivity index is 1.73. The standard InChI is InChI=1S/C27H23ClN4O3S/c1-15-13-19(16(2)31(15)21-9-4-3-7-18(21)26(34)35)25-24(20-8-5-6-12-29-20)30-27(36)32(25)22-14-17(28)10-11-23(22)33/h3-14,24-25,33H,1-2H3,(H,30,36)(H,34,35)/t24-,25+/m1/s1. The van der Waals surface area contributed by atoms with Crippen molar-refractivity contribution in [2.45, 2.75) is 25.9 Å². The van der Waals surface area contributed by atoms with E-state index in [0.29, 0.717) is 21.5 Å². The molecule has 2 atom stereocenters. The van der Waals surface area contributed by atoms with Gasteiger partial charge in [-0.2, -0.15) is 0 Å². The van der Waals surface area contributed by atoms with Crippen LogP contribution in [0.2, 0.25) is 5.02 Å². The highest BCUT2D eigenvalue weighted by atomic mass is 35.5. The second-order valence-electron chi connectivity index (χ2n) is 8.61. The zero-order chi connectivity index (χ0) is 25.6. The maximum Gasteiger partial charge on any atom is 0.337 e. The summed E-state index contributed by atoms with van der Waals surface area (Å²) in [5.41, 5.74) is 4.66. The maximum atomic E-state index is 12.0. The van der Waals surface area contributed by atoms with E-state index < -0.39 is 12.0 Å². The normalized spacial score (nSPS) is 17.3. The number of rotatable bonds is 5. The van der Waals surface area contributed by atoms with Gasteiger partial charge in [0.05, 0.1) is 34.7 Å². The number of anilines is 1. The minimum absolute atomic E-state index is 0.0419. The second kappa shape index (κ2) is 9.29. The van der Waals surface area contributed by atoms with Gasteiger partial charge in [-0.25, -0.2) is 4.79 Å². The number of aryl methyl sites for hydroxylation is 1. The molecule has 0 bridgehead atoms. The van der Waals surface area contributed by atoms with Crippen LogP contribution in [-0.4, -0.2) is 30.8 Å². The quantitative estimate of drug-likeness (QED) is 0.291. The summed E-state index contributed by atoms with van der Waals surface area (Å²) in [6.45, 7) is 3.89. The molecule has 5 rings (SSSR count). The molecule has 1 fully saturated rings. The van der Waals surface area contributed by atoms with Crippen LogP contribution >= 0.6 is 23.8 Å². The fourth-order valence-electron chi connectivity index (χ4n) is 4.93. The third kappa shape index (κ3) is 3.98. The van der Waals surface area contributed by atoms with Gasteiger partial charge in [0.2, 0.25) is 0 Å². The van der Waals surface area contributed by atoms with Crippen molar-refractivity contribution in [3.63, 3.8) is 0 Å². The Morgan fingerprint density at radius 3 is 2.53 bits per heavy atom. The van der Waals surface area contributed by atoms with Gasteiger partial charge >= 0.3 is 5.97 Å². The maximum absolute atomic E-state index is 12.0. The van der Waals surface area contributed by atoms with Crippen LogP contribution < -0.4 is 10.2 Å². The number of aromatic nitrogens is 2. The van der Waals surface area contributed by atoms with Crippen molar-refractivity contribution in [3.8, 4) is 11.4 Å². The lowest BCUT2D eigenvalue weighted by molar-refractivity contribution is 0.0697. The van der Waals surface area contributed by atoms with Crippen LogP contribution in [0.25, 0.3) is 5.69 Å². The van der Waals surface area contributed by atoms with Crippen molar-refractivity contribution in [3.05, 3.63) is 106 Å². The third-order valence-corrected chi connectivity index (χ3v) is 7.01. The van der Waals surface area contributed by atoms with Gasteiger partial charge in [-0.15, -0.1) is 0 Å². The first-order valence-electron chi connectivity index (χ1n) is 11.3. The number of nitrogens with zero attached hydrogens (tertiary/aromatic N) is 3. The van der Waals surface area contributed by atoms with E-state index in [4.69, 9.17) is 23.8 Å². The smallest absolute Gasteiger partial charge is 0.337 e. The number of aromatic carboxylic acids is 1. The van der Waals surface area contributed by atoms with Gasteiger partial charge in [0.25, 0.3) is 0 Å². The highest BCUT2D eigenvalue weighted by Crippen LogP contribution is 2.46. The molecule has 0 radical (unpaired) electrons. The lowest BCUT2D eigenvalue weighted by Gasteiger charge is -2.29. The van der Waals surface area contributed by atoms with Gasteiger partial charge < -0.3 is 25.0 Å². The van der Waals surface area contributed by atoms with Gasteiger partial charge in [-0.1, -0.05) is 29.8 Å². The largest absolute Gasteiger partial charge is 0.506 e. The molecule has 2 aromatic carbocycles. The number of phenolic OH excluding ortho intramolecular Hbond substituents is 1. The van der Waals surface area contributed by atoms with E-state index in [1.807, 2.05) is 53.6 Å². The Bertz CT molecular complexity index is 1490. The number of pyridine rings is 1. The molecule has 36 heavy (non-hydrogen) atoms. The number of benzene rings is 2. The second-order valence-corrected chi connectivity index (χ2v) is 9.44. The number of hydrogen-bond acceptors (Lipinski definition) is 4. The molecule has 0 saturated carbocycles. The summed E-state index contributed by atoms with van der Waals surface area (Å²) in [6.07, 6.45) is 1.73. The average molecular weight is 519 g/mol. The van der Waals surface area contributed by atoms with Gasteiger partial charge in [0.1, 0.15) is 5.75 Å². The van der Waals surface area contributed by atoms with Crippen molar-refractivity contribution in [2.24, 2.45) is 0 Å². The van der Waals surface area contributed by atoms with Gasteiger partial charge in [-0.3, -0.25) is 4.98 Å². The van der Waals surface area contributed by atoms with Crippen LogP contribution in [0.3, 0.4) is 0 Å². The van der Waals surface area contributed by atoms with E-state index in [1.54, 1.807) is 36.5 Å². The summed E-state index contributed by atoms with van der Waals surface area (Å²) in [5.74, 6) is -0.958. The number of para-hydroxylation sites is 1. The number of aromatic hydroxyl groups is 1. The molecule has 1 saturated heterocycles. The predicted molar refractivity (Wildman–Crippen MR) is 143 cm³/mol. The molecule has 7 nitrogen and oxygen atoms in total. The van der Waals surface area contributed by atoms with Gasteiger partial charge in [-0.05, 0) is 80.2 Å². The molecular weight excluding hydrogens is 496 g/mol. The Morgan fingerprint density at radius 2 is 1.81 bits per heavy atom. The Kier molecular flexibility index (Phi) is 6.15. The lowest BCUT2D eigenvalue weighted by atomic mass is 9.96. The average Bonchev–Trinajstić information content (AvgIpc) is 3.36. The molecule has 182 valence electrons. The van der Waals surface area contributed by atoms with Gasteiger partial charge in [0, 0.05) is 22.6 Å². The highest BCUT2D eigenvalue weighted by Gasteiger charge is 2.43. The molecule has 4 aromatic rings. The zero-order valence-electron chi connectivity index (χ0n) is 19.5. The summed E-state index contributed by atoms with van der Waals surface area (Å²) in [4.78, 5) is 18.4. The summed E-state index contributed by atoms with van der Waals surface area (Å²) in [5, 5.41) is 24.8. The summed E-state index contributed by atoms with van der Waals surface area (Å²) in [7, 11) is 0. The summed E-state index contributed by atoms with van der Waals surface area (Å²) in [6, 6.07) is 18.7. The third-order valence-electron chi connectivity index (χ3n) is 6.46. The van der Waals surface area contributed by atoms with Gasteiger partial charge in [0.15, 0.2) is 5.11 Å². The Morgan fingerprint density at radius 1 is 1.06 bits per heavy atom. The molecule has 3 N–H and O–H groups in total. The predicted octanol–water partition coefficient (Wildman–Crippen LogP) is 5.72. The number of phenols is 1. The van der Waals surface area contributed by atoms with E-state index in [9.17, 15) is 15.0 Å². The minimum atomic E-state index is -1.000. The van der Waals surface area contributed by atoms with E-state index in [0.717, 1.165) is 22.6 Å². The molecule has 9 heteroatoms. The van der Waals surface area contributed by atoms with E-state index in [1.165, 1.54) is 6.07 Å². The first-order chi connectivity index (χ1) is 17.3. The van der Waals surface area contributed by atoms with Crippen molar-refractivity contribution < 1.29 is 15.0 Å². The zero-order valence-corrected chi connectivity index (χ0v) is 21.1. The van der Waals surface area contributed by atoms with E-state index >= 15 is 0 Å². The van der Waals surface area contributed by atoms with E-state index in [-0.39, 0.29) is 17.4 Å². The van der Waals surface area contributed by atoms with Crippen LogP contribution in [0, 0.1) is 13.8 Å². The molecule has 0 spiro atoms. The van der Waals surface area contributed by atoms with E-state index in [2.05, 4.69) is 10.3 Å². The summed E-state index contributed by atoms with van der Waals surface area (Å²) >= 11 is 12.1. The van der Waals surface area contributed by atoms with Crippen LogP contribution in [0.4, 0.5) is 5.69 Å². The monoisotopic (exact) mass is 518 g/mol. The van der Waals surface area contributed by atoms with Crippen LogP contribution in [0.15, 0.2) is 72.9 Å². The van der Waals surface area contributed by atoms with Crippen molar-refractivity contribution in [1.82, 2.24) is 14.9 Å².